The molecule has 0 aromatic heterocycles. The Morgan fingerprint density at radius 2 is 1.93 bits per heavy atom. The lowest BCUT2D eigenvalue weighted by Gasteiger charge is -2.40. The summed E-state index contributed by atoms with van der Waals surface area (Å²) in [5.41, 5.74) is 0.211. The summed E-state index contributed by atoms with van der Waals surface area (Å²) in [4.78, 5) is 38.5. The van der Waals surface area contributed by atoms with Crippen LogP contribution >= 0.6 is 0 Å². The van der Waals surface area contributed by atoms with Gasteiger partial charge in [0, 0.05) is 12.0 Å². The van der Waals surface area contributed by atoms with Crippen LogP contribution < -0.4 is 10.6 Å². The second kappa shape index (κ2) is 9.93. The van der Waals surface area contributed by atoms with Crippen molar-refractivity contribution in [1.82, 2.24) is 15.5 Å². The molecule has 1 aromatic rings. The topological polar surface area (TPSA) is 119 Å². The molecule has 1 saturated heterocycles. The molecule has 3 amide bonds. The monoisotopic (exact) mass is 419 g/mol. The summed E-state index contributed by atoms with van der Waals surface area (Å²) in [5.74, 6) is -1.07. The van der Waals surface area contributed by atoms with Crippen molar-refractivity contribution in [3.63, 3.8) is 0 Å². The van der Waals surface area contributed by atoms with E-state index in [1.54, 1.807) is 20.8 Å². The predicted molar refractivity (Wildman–Crippen MR) is 113 cm³/mol. The molecule has 0 spiro atoms. The minimum Gasteiger partial charge on any atom is -0.465 e. The molecule has 1 aliphatic heterocycles. The maximum atomic E-state index is 12.8. The zero-order valence-electron chi connectivity index (χ0n) is 18.1. The SMILES string of the molecule is CCCC[C@@H](C(O)C(=O)N[C@H](C)c1ccccc1)N(C(=O)O)C1C(=O)NCC1(C)C. The second-order valence-corrected chi connectivity index (χ2v) is 8.59. The molecule has 30 heavy (non-hydrogen) atoms. The fourth-order valence-electron chi connectivity index (χ4n) is 3.97. The number of unbranched alkanes of at least 4 members (excludes halogenated alkanes) is 1. The van der Waals surface area contributed by atoms with E-state index in [1.807, 2.05) is 37.3 Å². The average Bonchev–Trinajstić information content (AvgIpc) is 2.97. The van der Waals surface area contributed by atoms with Crippen molar-refractivity contribution in [3.8, 4) is 0 Å². The Balaban J connectivity index is 2.28. The van der Waals surface area contributed by atoms with E-state index in [0.717, 1.165) is 16.9 Å². The van der Waals surface area contributed by atoms with Crippen LogP contribution in [-0.2, 0) is 9.59 Å². The van der Waals surface area contributed by atoms with Crippen molar-refractivity contribution >= 4 is 17.9 Å². The third-order valence-electron chi connectivity index (χ3n) is 5.71. The third kappa shape index (κ3) is 5.30. The van der Waals surface area contributed by atoms with Crippen molar-refractivity contribution in [2.75, 3.05) is 6.54 Å². The molecule has 0 bridgehead atoms. The first-order valence-corrected chi connectivity index (χ1v) is 10.4. The quantitative estimate of drug-likeness (QED) is 0.490. The molecular weight excluding hydrogens is 386 g/mol. The average molecular weight is 420 g/mol. The first-order chi connectivity index (χ1) is 14.1. The van der Waals surface area contributed by atoms with Crippen molar-refractivity contribution in [1.29, 1.82) is 0 Å². The third-order valence-corrected chi connectivity index (χ3v) is 5.71. The largest absolute Gasteiger partial charge is 0.465 e. The van der Waals surface area contributed by atoms with E-state index in [-0.39, 0.29) is 12.5 Å². The van der Waals surface area contributed by atoms with Crippen molar-refractivity contribution in [2.24, 2.45) is 5.41 Å². The van der Waals surface area contributed by atoms with Crippen LogP contribution in [0.1, 0.15) is 58.6 Å². The fourth-order valence-corrected chi connectivity index (χ4v) is 3.97. The molecule has 0 radical (unpaired) electrons. The first kappa shape index (κ1) is 23.7. The van der Waals surface area contributed by atoms with Gasteiger partial charge in [0.25, 0.3) is 5.91 Å². The molecule has 4 N–H and O–H groups in total. The molecule has 0 saturated carbocycles. The van der Waals surface area contributed by atoms with Gasteiger partial charge in [-0.2, -0.15) is 0 Å². The van der Waals surface area contributed by atoms with Crippen molar-refractivity contribution < 1.29 is 24.6 Å². The minimum atomic E-state index is -1.59. The van der Waals surface area contributed by atoms with E-state index in [4.69, 9.17) is 0 Å². The number of nitrogens with one attached hydrogen (secondary N) is 2. The van der Waals surface area contributed by atoms with E-state index in [2.05, 4.69) is 10.6 Å². The highest BCUT2D eigenvalue weighted by Crippen LogP contribution is 2.32. The van der Waals surface area contributed by atoms with Crippen LogP contribution in [0.3, 0.4) is 0 Å². The summed E-state index contributed by atoms with van der Waals surface area (Å²) in [6.07, 6.45) is -1.27. The number of hydrogen-bond acceptors (Lipinski definition) is 4. The van der Waals surface area contributed by atoms with Crippen LogP contribution in [0.5, 0.6) is 0 Å². The molecule has 2 unspecified atom stereocenters. The van der Waals surface area contributed by atoms with Gasteiger partial charge in [-0.25, -0.2) is 4.79 Å². The predicted octanol–water partition coefficient (Wildman–Crippen LogP) is 2.29. The molecular formula is C22H33N3O5. The zero-order chi connectivity index (χ0) is 22.5. The van der Waals surface area contributed by atoms with Gasteiger partial charge in [0.15, 0.2) is 6.10 Å². The molecule has 0 aliphatic carbocycles. The van der Waals surface area contributed by atoms with Crippen molar-refractivity contribution in [3.05, 3.63) is 35.9 Å². The normalized spacial score (nSPS) is 20.7. The number of aliphatic hydroxyl groups is 1. The fraction of sp³-hybridized carbons (Fsp3) is 0.591. The highest BCUT2D eigenvalue weighted by molar-refractivity contribution is 5.89. The lowest BCUT2D eigenvalue weighted by Crippen LogP contribution is -2.60. The van der Waals surface area contributed by atoms with Crippen LogP contribution in [0.15, 0.2) is 30.3 Å². The number of amides is 3. The van der Waals surface area contributed by atoms with E-state index in [1.165, 1.54) is 0 Å². The summed E-state index contributed by atoms with van der Waals surface area (Å²) < 4.78 is 0. The smallest absolute Gasteiger partial charge is 0.408 e. The highest BCUT2D eigenvalue weighted by Gasteiger charge is 2.50. The molecule has 166 valence electrons. The van der Waals surface area contributed by atoms with E-state index in [0.29, 0.717) is 13.0 Å². The molecule has 4 atom stereocenters. The number of carbonyl (C=O) groups excluding carboxylic acids is 2. The van der Waals surface area contributed by atoms with Crippen LogP contribution in [-0.4, -0.2) is 57.8 Å². The molecule has 1 heterocycles. The van der Waals surface area contributed by atoms with Gasteiger partial charge < -0.3 is 20.8 Å². The van der Waals surface area contributed by atoms with Gasteiger partial charge in [0.2, 0.25) is 5.91 Å². The van der Waals surface area contributed by atoms with E-state index < -0.39 is 41.5 Å². The highest BCUT2D eigenvalue weighted by atomic mass is 16.4. The lowest BCUT2D eigenvalue weighted by molar-refractivity contribution is -0.137. The number of rotatable bonds is 9. The number of carboxylic acid groups (broad SMARTS) is 1. The van der Waals surface area contributed by atoms with Gasteiger partial charge in [0.05, 0.1) is 12.1 Å². The molecule has 8 heteroatoms. The second-order valence-electron chi connectivity index (χ2n) is 8.59. The Morgan fingerprint density at radius 1 is 1.30 bits per heavy atom. The maximum Gasteiger partial charge on any atom is 0.408 e. The maximum absolute atomic E-state index is 12.8. The Hall–Kier alpha value is -2.61. The van der Waals surface area contributed by atoms with Crippen LogP contribution in [0.25, 0.3) is 0 Å². The van der Waals surface area contributed by atoms with Crippen LogP contribution in [0, 0.1) is 5.41 Å². The minimum absolute atomic E-state index is 0.275. The molecule has 1 aliphatic rings. The van der Waals surface area contributed by atoms with Crippen molar-refractivity contribution in [2.45, 2.75) is 71.2 Å². The Bertz CT molecular complexity index is 752. The number of benzene rings is 1. The summed E-state index contributed by atoms with van der Waals surface area (Å²) in [6, 6.07) is 6.93. The molecule has 2 rings (SSSR count). The van der Waals surface area contributed by atoms with Gasteiger partial charge in [-0.05, 0) is 18.9 Å². The number of carbonyl (C=O) groups is 3. The van der Waals surface area contributed by atoms with E-state index in [9.17, 15) is 24.6 Å². The summed E-state index contributed by atoms with van der Waals surface area (Å²) >= 11 is 0. The van der Waals surface area contributed by atoms with Gasteiger partial charge in [-0.1, -0.05) is 63.9 Å². The van der Waals surface area contributed by atoms with Crippen LogP contribution in [0.4, 0.5) is 4.79 Å². The zero-order valence-corrected chi connectivity index (χ0v) is 18.1. The van der Waals surface area contributed by atoms with Crippen LogP contribution in [0.2, 0.25) is 0 Å². The van der Waals surface area contributed by atoms with Gasteiger partial charge in [-0.3, -0.25) is 14.5 Å². The Labute approximate surface area is 177 Å². The van der Waals surface area contributed by atoms with Gasteiger partial charge in [-0.15, -0.1) is 0 Å². The first-order valence-electron chi connectivity index (χ1n) is 10.4. The lowest BCUT2D eigenvalue weighted by atomic mass is 9.84. The summed E-state index contributed by atoms with van der Waals surface area (Å²) in [5, 5.41) is 26.3. The summed E-state index contributed by atoms with van der Waals surface area (Å²) in [7, 11) is 0. The van der Waals surface area contributed by atoms with Gasteiger partial charge in [0.1, 0.15) is 6.04 Å². The Kier molecular flexibility index (Phi) is 7.83. The number of hydrogen-bond donors (Lipinski definition) is 4. The molecule has 8 nitrogen and oxygen atoms in total. The van der Waals surface area contributed by atoms with Gasteiger partial charge >= 0.3 is 6.09 Å². The Morgan fingerprint density at radius 3 is 2.43 bits per heavy atom. The van der Waals surface area contributed by atoms with E-state index >= 15 is 0 Å². The number of aliphatic hydroxyl groups excluding tert-OH is 1. The number of nitrogens with zero attached hydrogens (tertiary/aromatic N) is 1. The summed E-state index contributed by atoms with van der Waals surface area (Å²) in [6.45, 7) is 7.66. The molecule has 1 aromatic carbocycles. The molecule has 1 fully saturated rings. The standard InChI is InChI=1S/C22H33N3O5/c1-5-6-12-16(25(21(29)30)18-20(28)23-13-22(18,3)4)17(26)19(27)24-14(2)15-10-8-7-9-11-15/h7-11,14,16-18,26H,5-6,12-13H2,1-4H3,(H,23,28)(H,24,27)(H,29,30)/t14-,16+,17?,18?/m1/s1.